The summed E-state index contributed by atoms with van der Waals surface area (Å²) in [6.45, 7) is 0. The largest absolute Gasteiger partial charge is 0.309 e. The van der Waals surface area contributed by atoms with Crippen LogP contribution in [0.15, 0.2) is 237 Å². The first-order chi connectivity index (χ1) is 33.7. The SMILES string of the molecule is c1ccc(-c2cc(-c3ccccc3)cc(-c3cnc(-c4cccc5sc6ccc7c(c8ccccc8n7-c7ccccc7)c6c45)c(-c4nc(-c5ccccc5)nc(-c5ccccc5)n4)c3)c2)cc1. The minimum atomic E-state index is 0.548. The summed E-state index contributed by atoms with van der Waals surface area (Å²) in [4.78, 5) is 21.3. The van der Waals surface area contributed by atoms with Crippen LogP contribution in [0.25, 0.3) is 126 Å². The van der Waals surface area contributed by atoms with Crippen LogP contribution in [0.5, 0.6) is 0 Å². The summed E-state index contributed by atoms with van der Waals surface area (Å²) in [5.41, 5.74) is 14.4. The van der Waals surface area contributed by atoms with Crippen molar-refractivity contribution in [1.82, 2.24) is 24.5 Å². The molecule has 0 saturated carbocycles. The summed E-state index contributed by atoms with van der Waals surface area (Å²) in [5, 5.41) is 4.81. The molecule has 0 atom stereocenters. The van der Waals surface area contributed by atoms with Gasteiger partial charge in [-0.3, -0.25) is 4.98 Å². The Kier molecular flexibility index (Phi) is 9.62. The third-order valence-electron chi connectivity index (χ3n) is 12.9. The third-order valence-corrected chi connectivity index (χ3v) is 14.0. The molecule has 0 aliphatic rings. The van der Waals surface area contributed by atoms with Crippen LogP contribution in [0.3, 0.4) is 0 Å². The van der Waals surface area contributed by atoms with Crippen molar-refractivity contribution in [2.24, 2.45) is 0 Å². The first-order valence-corrected chi connectivity index (χ1v) is 23.6. The molecular weight excluding hydrogens is 847 g/mol. The maximum absolute atomic E-state index is 5.54. The summed E-state index contributed by atoms with van der Waals surface area (Å²) < 4.78 is 4.80. The lowest BCUT2D eigenvalue weighted by molar-refractivity contribution is 1.07. The first kappa shape index (κ1) is 39.5. The number of fused-ring (bicyclic) bond motifs is 7. The van der Waals surface area contributed by atoms with Crippen molar-refractivity contribution >= 4 is 53.3 Å². The lowest BCUT2D eigenvalue weighted by Crippen LogP contribution is -2.02. The molecule has 0 aliphatic heterocycles. The molecule has 0 saturated heterocycles. The second-order valence-corrected chi connectivity index (χ2v) is 18.1. The maximum atomic E-state index is 5.54. The van der Waals surface area contributed by atoms with E-state index in [0.717, 1.165) is 77.9 Å². The summed E-state index contributed by atoms with van der Waals surface area (Å²) in [5.74, 6) is 1.74. The van der Waals surface area contributed by atoms with Crippen LogP contribution in [-0.2, 0) is 0 Å². The number of pyridine rings is 1. The molecule has 318 valence electrons. The molecule has 0 N–H and O–H groups in total. The average Bonchev–Trinajstić information content (AvgIpc) is 3.98. The van der Waals surface area contributed by atoms with Gasteiger partial charge in [0, 0.05) is 70.6 Å². The number of aromatic nitrogens is 5. The van der Waals surface area contributed by atoms with Gasteiger partial charge in [0.05, 0.1) is 16.7 Å². The highest BCUT2D eigenvalue weighted by Crippen LogP contribution is 2.48. The highest BCUT2D eigenvalue weighted by atomic mass is 32.1. The number of hydrogen-bond acceptors (Lipinski definition) is 5. The van der Waals surface area contributed by atoms with Gasteiger partial charge in [-0.05, 0) is 88.5 Å². The van der Waals surface area contributed by atoms with Gasteiger partial charge < -0.3 is 4.57 Å². The maximum Gasteiger partial charge on any atom is 0.166 e. The van der Waals surface area contributed by atoms with E-state index in [9.17, 15) is 0 Å². The van der Waals surface area contributed by atoms with E-state index in [1.54, 1.807) is 0 Å². The summed E-state index contributed by atoms with van der Waals surface area (Å²) in [6, 6.07) is 81.2. The molecule has 6 heteroatoms. The predicted molar refractivity (Wildman–Crippen MR) is 283 cm³/mol. The third kappa shape index (κ3) is 6.86. The molecule has 0 aliphatic carbocycles. The van der Waals surface area contributed by atoms with Crippen LogP contribution in [0.1, 0.15) is 0 Å². The molecule has 0 spiro atoms. The van der Waals surface area contributed by atoms with Gasteiger partial charge in [-0.25, -0.2) is 15.0 Å². The Morgan fingerprint density at radius 1 is 0.324 bits per heavy atom. The Morgan fingerprint density at radius 3 is 1.46 bits per heavy atom. The van der Waals surface area contributed by atoms with Crippen LogP contribution in [0.4, 0.5) is 0 Å². The van der Waals surface area contributed by atoms with E-state index in [1.165, 1.54) is 31.1 Å². The van der Waals surface area contributed by atoms with Gasteiger partial charge in [0.1, 0.15) is 0 Å². The Hall–Kier alpha value is -8.84. The first-order valence-electron chi connectivity index (χ1n) is 22.8. The lowest BCUT2D eigenvalue weighted by Gasteiger charge is -2.15. The zero-order valence-electron chi connectivity index (χ0n) is 36.7. The molecule has 0 radical (unpaired) electrons. The zero-order valence-corrected chi connectivity index (χ0v) is 37.5. The second kappa shape index (κ2) is 16.5. The van der Waals surface area contributed by atoms with E-state index in [4.69, 9.17) is 19.9 Å². The topological polar surface area (TPSA) is 56.5 Å². The highest BCUT2D eigenvalue weighted by Gasteiger charge is 2.24. The summed E-state index contributed by atoms with van der Waals surface area (Å²) >= 11 is 1.82. The van der Waals surface area contributed by atoms with Gasteiger partial charge in [0.25, 0.3) is 0 Å². The van der Waals surface area contributed by atoms with Gasteiger partial charge in [-0.1, -0.05) is 170 Å². The zero-order chi connectivity index (χ0) is 45.0. The fraction of sp³-hybridized carbons (Fsp3) is 0. The van der Waals surface area contributed by atoms with Crippen molar-refractivity contribution in [3.63, 3.8) is 0 Å². The second-order valence-electron chi connectivity index (χ2n) is 17.0. The predicted octanol–water partition coefficient (Wildman–Crippen LogP) is 16.4. The quantitative estimate of drug-likeness (QED) is 0.153. The minimum absolute atomic E-state index is 0.548. The van der Waals surface area contributed by atoms with Crippen LogP contribution in [0.2, 0.25) is 0 Å². The van der Waals surface area contributed by atoms with Crippen LogP contribution in [-0.4, -0.2) is 24.5 Å². The molecule has 0 amide bonds. The van der Waals surface area contributed by atoms with Crippen molar-refractivity contribution in [3.05, 3.63) is 237 Å². The van der Waals surface area contributed by atoms with Crippen LogP contribution >= 0.6 is 11.3 Å². The van der Waals surface area contributed by atoms with Gasteiger partial charge in [0.2, 0.25) is 0 Å². The van der Waals surface area contributed by atoms with Crippen LogP contribution in [0, 0.1) is 0 Å². The van der Waals surface area contributed by atoms with Crippen molar-refractivity contribution in [2.75, 3.05) is 0 Å². The molecule has 5 nitrogen and oxygen atoms in total. The average molecular weight is 886 g/mol. The number of hydrogen-bond donors (Lipinski definition) is 0. The van der Waals surface area contributed by atoms with Gasteiger partial charge in [0.15, 0.2) is 17.5 Å². The monoisotopic (exact) mass is 885 g/mol. The van der Waals surface area contributed by atoms with E-state index >= 15 is 0 Å². The Morgan fingerprint density at radius 2 is 0.838 bits per heavy atom. The molecule has 0 unspecified atom stereocenters. The van der Waals surface area contributed by atoms with Gasteiger partial charge in [-0.2, -0.15) is 0 Å². The number of nitrogens with zero attached hydrogens (tertiary/aromatic N) is 5. The van der Waals surface area contributed by atoms with E-state index < -0.39 is 0 Å². The number of rotatable bonds is 8. The van der Waals surface area contributed by atoms with Crippen LogP contribution < -0.4 is 0 Å². The van der Waals surface area contributed by atoms with Crippen molar-refractivity contribution in [2.45, 2.75) is 0 Å². The van der Waals surface area contributed by atoms with E-state index in [1.807, 2.05) is 53.9 Å². The molecule has 4 aromatic heterocycles. The Bertz CT molecular complexity index is 3880. The molecule has 0 fully saturated rings. The molecule has 4 heterocycles. The van der Waals surface area contributed by atoms with Crippen molar-refractivity contribution in [3.8, 4) is 84.5 Å². The normalized spacial score (nSPS) is 11.5. The lowest BCUT2D eigenvalue weighted by atomic mass is 9.92. The van der Waals surface area contributed by atoms with Gasteiger partial charge >= 0.3 is 0 Å². The van der Waals surface area contributed by atoms with Gasteiger partial charge in [-0.15, -0.1) is 11.3 Å². The summed E-state index contributed by atoms with van der Waals surface area (Å²) in [6.07, 6.45) is 2.03. The molecule has 0 bridgehead atoms. The molecule has 68 heavy (non-hydrogen) atoms. The van der Waals surface area contributed by atoms with E-state index in [-0.39, 0.29) is 0 Å². The smallest absolute Gasteiger partial charge is 0.166 e. The highest BCUT2D eigenvalue weighted by molar-refractivity contribution is 7.26. The van der Waals surface area contributed by atoms with E-state index in [0.29, 0.717) is 17.5 Å². The number of thiophene rings is 1. The Labute approximate surface area is 397 Å². The Balaban J connectivity index is 1.11. The minimum Gasteiger partial charge on any atom is -0.309 e. The standard InChI is InChI=1S/C62H39N5S/c1-6-19-40(20-7-1)44-35-45(41-21-8-2-9-22-41)37-46(36-44)47-38-51(62-65-60(42-23-10-3-11-24-42)64-61(66-62)43-25-12-4-13-26-43)59(63-39-47)50-30-18-32-54-57(50)58-55(68-54)34-33-53-56(58)49-29-16-17-31-52(49)67(53)48-27-14-5-15-28-48/h1-39H. The molecule has 13 aromatic rings. The van der Waals surface area contributed by atoms with Crippen molar-refractivity contribution in [1.29, 1.82) is 0 Å². The van der Waals surface area contributed by atoms with Crippen molar-refractivity contribution < 1.29 is 0 Å². The van der Waals surface area contributed by atoms with E-state index in [2.05, 4.69) is 199 Å². The summed E-state index contributed by atoms with van der Waals surface area (Å²) in [7, 11) is 0. The fourth-order valence-corrected chi connectivity index (χ4v) is 10.9. The fourth-order valence-electron chi connectivity index (χ4n) is 9.75. The molecule has 13 rings (SSSR count). The molecular formula is C62H39N5S. The number of benzene rings is 9. The number of para-hydroxylation sites is 2. The molecule has 9 aromatic carbocycles.